The van der Waals surface area contributed by atoms with Gasteiger partial charge in [0.15, 0.2) is 6.79 Å². The van der Waals surface area contributed by atoms with Crippen molar-refractivity contribution in [3.8, 4) is 0 Å². The fraction of sp³-hybridized carbons (Fsp3) is 0.571. The molecule has 0 unspecified atom stereocenters. The lowest BCUT2D eigenvalue weighted by Gasteiger charge is -1.97. The van der Waals surface area contributed by atoms with Crippen LogP contribution in [0.25, 0.3) is 0 Å². The van der Waals surface area contributed by atoms with Gasteiger partial charge >= 0.3 is 5.97 Å². The average molecular weight is 144 g/mol. The highest BCUT2D eigenvalue weighted by atomic mass is 16.6. The van der Waals surface area contributed by atoms with Gasteiger partial charge < -0.3 is 9.84 Å². The van der Waals surface area contributed by atoms with Crippen LogP contribution in [0.5, 0.6) is 0 Å². The van der Waals surface area contributed by atoms with Gasteiger partial charge in [-0.3, -0.25) is 4.79 Å². The molecule has 0 aliphatic heterocycles. The Kier molecular flexibility index (Phi) is 5.77. The van der Waals surface area contributed by atoms with Gasteiger partial charge in [0.2, 0.25) is 0 Å². The second-order valence-electron chi connectivity index (χ2n) is 1.83. The zero-order valence-electron chi connectivity index (χ0n) is 5.88. The molecule has 0 saturated heterocycles. The van der Waals surface area contributed by atoms with Crippen molar-refractivity contribution in [2.24, 2.45) is 0 Å². The smallest absolute Gasteiger partial charge is 0.307 e. The minimum Gasteiger partial charge on any atom is -0.439 e. The highest BCUT2D eigenvalue weighted by Crippen LogP contribution is 1.96. The molecule has 58 valence electrons. The molecule has 0 heterocycles. The third-order valence-corrected chi connectivity index (χ3v) is 1.01. The lowest BCUT2D eigenvalue weighted by Crippen LogP contribution is -2.04. The van der Waals surface area contributed by atoms with Crippen molar-refractivity contribution in [3.63, 3.8) is 0 Å². The Balaban J connectivity index is 3.13. The Morgan fingerprint density at radius 2 is 2.40 bits per heavy atom. The van der Waals surface area contributed by atoms with Crippen molar-refractivity contribution in [3.05, 3.63) is 12.7 Å². The van der Waals surface area contributed by atoms with Crippen molar-refractivity contribution in [1.82, 2.24) is 0 Å². The summed E-state index contributed by atoms with van der Waals surface area (Å²) < 4.78 is 4.27. The lowest BCUT2D eigenvalue weighted by atomic mass is 10.2. The molecule has 0 bridgehead atoms. The van der Waals surface area contributed by atoms with E-state index in [9.17, 15) is 4.79 Å². The number of aliphatic hydroxyl groups is 1. The molecule has 0 amide bonds. The zero-order valence-corrected chi connectivity index (χ0v) is 5.88. The molecule has 0 aromatic rings. The highest BCUT2D eigenvalue weighted by molar-refractivity contribution is 5.69. The van der Waals surface area contributed by atoms with E-state index in [1.807, 2.05) is 0 Å². The number of carbonyl (C=O) groups is 1. The molecule has 0 aromatic heterocycles. The fourth-order valence-electron chi connectivity index (χ4n) is 0.535. The van der Waals surface area contributed by atoms with E-state index in [1.54, 1.807) is 6.08 Å². The maximum Gasteiger partial charge on any atom is 0.307 e. The Morgan fingerprint density at radius 3 is 2.90 bits per heavy atom. The Hall–Kier alpha value is -0.830. The first-order chi connectivity index (χ1) is 4.81. The quantitative estimate of drug-likeness (QED) is 0.269. The number of carbonyl (C=O) groups excluding carboxylic acids is 1. The van der Waals surface area contributed by atoms with Crippen molar-refractivity contribution in [2.75, 3.05) is 6.79 Å². The van der Waals surface area contributed by atoms with Crippen LogP contribution in [0, 0.1) is 0 Å². The van der Waals surface area contributed by atoms with Crippen LogP contribution >= 0.6 is 0 Å². The number of ether oxygens (including phenoxy) is 1. The predicted octanol–water partition coefficient (Wildman–Crippen LogP) is 0.836. The number of allylic oxidation sites excluding steroid dienone is 1. The molecule has 3 heteroatoms. The highest BCUT2D eigenvalue weighted by Gasteiger charge is 1.98. The van der Waals surface area contributed by atoms with Gasteiger partial charge in [-0.2, -0.15) is 0 Å². The molecule has 0 atom stereocenters. The van der Waals surface area contributed by atoms with Gasteiger partial charge in [0, 0.05) is 6.42 Å². The molecule has 0 fully saturated rings. The van der Waals surface area contributed by atoms with Gasteiger partial charge in [-0.05, 0) is 12.8 Å². The van der Waals surface area contributed by atoms with E-state index in [-0.39, 0.29) is 5.97 Å². The molecular formula is C7H12O3. The van der Waals surface area contributed by atoms with Crippen LogP contribution in [-0.2, 0) is 9.53 Å². The summed E-state index contributed by atoms with van der Waals surface area (Å²) in [7, 11) is 0. The SMILES string of the molecule is C=CCCCC(=O)OCO. The lowest BCUT2D eigenvalue weighted by molar-refractivity contribution is -0.151. The second-order valence-corrected chi connectivity index (χ2v) is 1.83. The summed E-state index contributed by atoms with van der Waals surface area (Å²) in [5.74, 6) is -0.357. The third-order valence-electron chi connectivity index (χ3n) is 1.01. The zero-order chi connectivity index (χ0) is 7.82. The summed E-state index contributed by atoms with van der Waals surface area (Å²) in [6.45, 7) is 2.98. The van der Waals surface area contributed by atoms with Crippen molar-refractivity contribution in [1.29, 1.82) is 0 Å². The Bertz CT molecular complexity index is 109. The molecule has 0 aliphatic rings. The molecule has 3 nitrogen and oxygen atoms in total. The predicted molar refractivity (Wildman–Crippen MR) is 37.2 cm³/mol. The van der Waals surface area contributed by atoms with Gasteiger partial charge in [0.05, 0.1) is 0 Å². The molecule has 10 heavy (non-hydrogen) atoms. The summed E-state index contributed by atoms with van der Waals surface area (Å²) in [5.41, 5.74) is 0. The van der Waals surface area contributed by atoms with Crippen LogP contribution in [0.2, 0.25) is 0 Å². The molecule has 1 N–H and O–H groups in total. The van der Waals surface area contributed by atoms with Gasteiger partial charge in [-0.15, -0.1) is 6.58 Å². The number of esters is 1. The van der Waals surface area contributed by atoms with Gasteiger partial charge in [-0.1, -0.05) is 6.08 Å². The number of aliphatic hydroxyl groups excluding tert-OH is 1. The fourth-order valence-corrected chi connectivity index (χ4v) is 0.535. The Labute approximate surface area is 60.3 Å². The number of hydrogen-bond donors (Lipinski definition) is 1. The number of hydrogen-bond acceptors (Lipinski definition) is 3. The topological polar surface area (TPSA) is 46.5 Å². The minimum absolute atomic E-state index is 0.354. The maximum absolute atomic E-state index is 10.5. The van der Waals surface area contributed by atoms with Crippen LogP contribution in [0.15, 0.2) is 12.7 Å². The molecule has 0 radical (unpaired) electrons. The van der Waals surface area contributed by atoms with E-state index in [0.29, 0.717) is 6.42 Å². The van der Waals surface area contributed by atoms with Gasteiger partial charge in [0.1, 0.15) is 0 Å². The van der Waals surface area contributed by atoms with E-state index in [2.05, 4.69) is 11.3 Å². The van der Waals surface area contributed by atoms with E-state index in [4.69, 9.17) is 5.11 Å². The third kappa shape index (κ3) is 5.31. The summed E-state index contributed by atoms with van der Waals surface area (Å²) >= 11 is 0. The van der Waals surface area contributed by atoms with Crippen LogP contribution in [-0.4, -0.2) is 17.9 Å². The van der Waals surface area contributed by atoms with Crippen molar-refractivity contribution in [2.45, 2.75) is 19.3 Å². The summed E-state index contributed by atoms with van der Waals surface area (Å²) in [6.07, 6.45) is 3.64. The van der Waals surface area contributed by atoms with Crippen molar-refractivity contribution < 1.29 is 14.6 Å². The Morgan fingerprint density at radius 1 is 1.70 bits per heavy atom. The number of unbranched alkanes of at least 4 members (excludes halogenated alkanes) is 1. The molecule has 0 spiro atoms. The van der Waals surface area contributed by atoms with E-state index in [0.717, 1.165) is 12.8 Å². The molecule has 0 aliphatic carbocycles. The van der Waals surface area contributed by atoms with Gasteiger partial charge in [0.25, 0.3) is 0 Å². The molecule has 0 saturated carbocycles. The van der Waals surface area contributed by atoms with Crippen LogP contribution < -0.4 is 0 Å². The summed E-state index contributed by atoms with van der Waals surface area (Å²) in [4.78, 5) is 10.5. The van der Waals surface area contributed by atoms with Crippen LogP contribution in [0.1, 0.15) is 19.3 Å². The standard InChI is InChI=1S/C7H12O3/c1-2-3-4-5-7(9)10-6-8/h2,8H,1,3-6H2. The summed E-state index contributed by atoms with van der Waals surface area (Å²) in [5, 5.41) is 8.13. The second kappa shape index (κ2) is 6.29. The monoisotopic (exact) mass is 144 g/mol. The molecule has 0 rings (SSSR count). The average Bonchev–Trinajstić information content (AvgIpc) is 1.89. The maximum atomic E-state index is 10.5. The first kappa shape index (κ1) is 9.17. The van der Waals surface area contributed by atoms with E-state index < -0.39 is 6.79 Å². The summed E-state index contributed by atoms with van der Waals surface area (Å²) in [6, 6.07) is 0. The van der Waals surface area contributed by atoms with Crippen LogP contribution in [0.4, 0.5) is 0 Å². The normalized spacial score (nSPS) is 8.90. The van der Waals surface area contributed by atoms with Crippen LogP contribution in [0.3, 0.4) is 0 Å². The number of rotatable bonds is 5. The van der Waals surface area contributed by atoms with Gasteiger partial charge in [-0.25, -0.2) is 0 Å². The minimum atomic E-state index is -0.521. The van der Waals surface area contributed by atoms with E-state index in [1.165, 1.54) is 0 Å². The molecule has 0 aromatic carbocycles. The van der Waals surface area contributed by atoms with E-state index >= 15 is 0 Å². The largest absolute Gasteiger partial charge is 0.439 e. The molecular weight excluding hydrogens is 132 g/mol. The first-order valence-corrected chi connectivity index (χ1v) is 3.18. The van der Waals surface area contributed by atoms with Crippen molar-refractivity contribution >= 4 is 5.97 Å². The first-order valence-electron chi connectivity index (χ1n) is 3.18.